The summed E-state index contributed by atoms with van der Waals surface area (Å²) < 4.78 is 12.8. The molecule has 0 saturated heterocycles. The maximum atomic E-state index is 12.8. The number of aromatic nitrogens is 1. The van der Waals surface area contributed by atoms with E-state index in [4.69, 9.17) is 5.73 Å². The fourth-order valence-electron chi connectivity index (χ4n) is 2.02. The fraction of sp³-hybridized carbons (Fsp3) is 0.643. The van der Waals surface area contributed by atoms with Gasteiger partial charge in [0.05, 0.1) is 17.4 Å². The molecule has 0 aliphatic carbocycles. The van der Waals surface area contributed by atoms with Gasteiger partial charge in [-0.1, -0.05) is 39.5 Å². The van der Waals surface area contributed by atoms with Crippen LogP contribution in [0.25, 0.3) is 0 Å². The van der Waals surface area contributed by atoms with Crippen molar-refractivity contribution in [2.75, 3.05) is 0 Å². The van der Waals surface area contributed by atoms with Crippen molar-refractivity contribution < 1.29 is 4.39 Å². The Morgan fingerprint density at radius 1 is 1.24 bits per heavy atom. The van der Waals surface area contributed by atoms with E-state index in [9.17, 15) is 4.39 Å². The number of nitrogens with two attached hydrogens (primary N) is 1. The summed E-state index contributed by atoms with van der Waals surface area (Å²) in [4.78, 5) is 4.12. The molecule has 2 nitrogen and oxygen atoms in total. The van der Waals surface area contributed by atoms with Gasteiger partial charge in [0.15, 0.2) is 0 Å². The van der Waals surface area contributed by atoms with Crippen molar-refractivity contribution in [2.24, 2.45) is 5.73 Å². The number of unbranched alkanes of at least 4 members (excludes halogenated alkanes) is 3. The van der Waals surface area contributed by atoms with Gasteiger partial charge in [-0.2, -0.15) is 0 Å². The van der Waals surface area contributed by atoms with Crippen molar-refractivity contribution in [3.63, 3.8) is 0 Å². The molecular weight excluding hydrogens is 215 g/mol. The normalized spacial score (nSPS) is 14.6. The van der Waals surface area contributed by atoms with Crippen LogP contribution in [0.2, 0.25) is 0 Å². The summed E-state index contributed by atoms with van der Waals surface area (Å²) in [5.74, 6) is -0.307. The van der Waals surface area contributed by atoms with Gasteiger partial charge in [0.25, 0.3) is 0 Å². The molecule has 0 aliphatic rings. The summed E-state index contributed by atoms with van der Waals surface area (Å²) in [6.45, 7) is 4.25. The Bertz CT molecular complexity index is 323. The zero-order valence-electron chi connectivity index (χ0n) is 10.9. The molecule has 1 unspecified atom stereocenters. The molecule has 0 spiro atoms. The predicted octanol–water partition coefficient (Wildman–Crippen LogP) is 3.76. The van der Waals surface area contributed by atoms with E-state index < -0.39 is 5.54 Å². The third kappa shape index (κ3) is 4.08. The molecule has 0 bridgehead atoms. The zero-order valence-corrected chi connectivity index (χ0v) is 10.9. The lowest BCUT2D eigenvalue weighted by Crippen LogP contribution is -2.36. The molecular formula is C14H23FN2. The van der Waals surface area contributed by atoms with Crippen LogP contribution in [0.15, 0.2) is 18.3 Å². The highest BCUT2D eigenvalue weighted by molar-refractivity contribution is 5.15. The van der Waals surface area contributed by atoms with Crippen LogP contribution in [0, 0.1) is 5.82 Å². The highest BCUT2D eigenvalue weighted by Crippen LogP contribution is 2.26. The van der Waals surface area contributed by atoms with Crippen LogP contribution in [0.4, 0.5) is 4.39 Å². The standard InChI is InChI=1S/C14H23FN2/c1-3-5-6-7-10-14(16,4-2)13-9-8-12(15)11-17-13/h8-9,11H,3-7,10,16H2,1-2H3. The van der Waals surface area contributed by atoms with E-state index >= 15 is 0 Å². The van der Waals surface area contributed by atoms with Crippen molar-refractivity contribution >= 4 is 0 Å². The van der Waals surface area contributed by atoms with Crippen LogP contribution in [0.1, 0.15) is 58.1 Å². The van der Waals surface area contributed by atoms with E-state index in [-0.39, 0.29) is 5.82 Å². The molecule has 1 atom stereocenters. The summed E-state index contributed by atoms with van der Waals surface area (Å²) in [5, 5.41) is 0. The Morgan fingerprint density at radius 2 is 2.00 bits per heavy atom. The minimum atomic E-state index is -0.401. The van der Waals surface area contributed by atoms with Gasteiger partial charge in [-0.15, -0.1) is 0 Å². The first kappa shape index (κ1) is 14.1. The summed E-state index contributed by atoms with van der Waals surface area (Å²) in [6, 6.07) is 3.14. The van der Waals surface area contributed by atoms with Crippen molar-refractivity contribution in [3.05, 3.63) is 29.8 Å². The Balaban J connectivity index is 2.63. The van der Waals surface area contributed by atoms with Gasteiger partial charge in [0.2, 0.25) is 0 Å². The second kappa shape index (κ2) is 6.70. The molecule has 1 aromatic heterocycles. The lowest BCUT2D eigenvalue weighted by molar-refractivity contribution is 0.363. The molecule has 3 heteroatoms. The Labute approximate surface area is 103 Å². The first-order chi connectivity index (χ1) is 8.12. The van der Waals surface area contributed by atoms with Crippen LogP contribution in [-0.2, 0) is 5.54 Å². The van der Waals surface area contributed by atoms with Gasteiger partial charge in [-0.25, -0.2) is 4.39 Å². The van der Waals surface area contributed by atoms with Crippen molar-refractivity contribution in [1.29, 1.82) is 0 Å². The number of hydrogen-bond donors (Lipinski definition) is 1. The van der Waals surface area contributed by atoms with E-state index in [1.54, 1.807) is 6.07 Å². The maximum Gasteiger partial charge on any atom is 0.141 e. The number of halogens is 1. The molecule has 96 valence electrons. The van der Waals surface area contributed by atoms with Crippen LogP contribution in [0.3, 0.4) is 0 Å². The van der Waals surface area contributed by atoms with Gasteiger partial charge in [-0.3, -0.25) is 4.98 Å². The summed E-state index contributed by atoms with van der Waals surface area (Å²) in [6.07, 6.45) is 7.78. The Kier molecular flexibility index (Phi) is 5.56. The van der Waals surface area contributed by atoms with E-state index in [2.05, 4.69) is 18.8 Å². The van der Waals surface area contributed by atoms with Gasteiger partial charge in [0.1, 0.15) is 5.82 Å². The van der Waals surface area contributed by atoms with Gasteiger partial charge >= 0.3 is 0 Å². The predicted molar refractivity (Wildman–Crippen MR) is 69.1 cm³/mol. The number of nitrogens with zero attached hydrogens (tertiary/aromatic N) is 1. The first-order valence-corrected chi connectivity index (χ1v) is 6.53. The van der Waals surface area contributed by atoms with Crippen LogP contribution in [0.5, 0.6) is 0 Å². The van der Waals surface area contributed by atoms with E-state index in [0.717, 1.165) is 25.0 Å². The summed E-state index contributed by atoms with van der Waals surface area (Å²) in [5.41, 5.74) is 6.77. The van der Waals surface area contributed by atoms with Gasteiger partial charge in [0, 0.05) is 0 Å². The van der Waals surface area contributed by atoms with E-state index in [1.807, 2.05) is 0 Å². The average Bonchev–Trinajstić information content (AvgIpc) is 2.35. The number of pyridine rings is 1. The summed E-state index contributed by atoms with van der Waals surface area (Å²) >= 11 is 0. The van der Waals surface area contributed by atoms with Crippen molar-refractivity contribution in [3.8, 4) is 0 Å². The molecule has 1 rings (SSSR count). The second-order valence-corrected chi connectivity index (χ2v) is 4.68. The van der Waals surface area contributed by atoms with Crippen LogP contribution in [-0.4, -0.2) is 4.98 Å². The first-order valence-electron chi connectivity index (χ1n) is 6.53. The highest BCUT2D eigenvalue weighted by atomic mass is 19.1. The quantitative estimate of drug-likeness (QED) is 0.735. The molecule has 1 heterocycles. The fourth-order valence-corrected chi connectivity index (χ4v) is 2.02. The molecule has 0 aromatic carbocycles. The molecule has 0 saturated carbocycles. The summed E-state index contributed by atoms with van der Waals surface area (Å²) in [7, 11) is 0. The second-order valence-electron chi connectivity index (χ2n) is 4.68. The molecule has 17 heavy (non-hydrogen) atoms. The highest BCUT2D eigenvalue weighted by Gasteiger charge is 2.25. The third-order valence-corrected chi connectivity index (χ3v) is 3.34. The molecule has 1 aromatic rings. The molecule has 0 amide bonds. The van der Waals surface area contributed by atoms with E-state index in [0.29, 0.717) is 0 Å². The van der Waals surface area contributed by atoms with Crippen molar-refractivity contribution in [2.45, 2.75) is 57.9 Å². The molecule has 0 aliphatic heterocycles. The molecule has 2 N–H and O–H groups in total. The van der Waals surface area contributed by atoms with Gasteiger partial charge < -0.3 is 5.73 Å². The SMILES string of the molecule is CCCCCCC(N)(CC)c1ccc(F)cn1. The Morgan fingerprint density at radius 3 is 2.53 bits per heavy atom. The topological polar surface area (TPSA) is 38.9 Å². The van der Waals surface area contributed by atoms with Crippen LogP contribution < -0.4 is 5.73 Å². The number of rotatable bonds is 7. The van der Waals surface area contributed by atoms with E-state index in [1.165, 1.54) is 31.5 Å². The monoisotopic (exact) mass is 238 g/mol. The van der Waals surface area contributed by atoms with Gasteiger partial charge in [-0.05, 0) is 25.0 Å². The molecule has 0 radical (unpaired) electrons. The minimum absolute atomic E-state index is 0.307. The molecule has 0 fully saturated rings. The number of hydrogen-bond acceptors (Lipinski definition) is 2. The lowest BCUT2D eigenvalue weighted by Gasteiger charge is -2.27. The minimum Gasteiger partial charge on any atom is -0.320 e. The van der Waals surface area contributed by atoms with Crippen LogP contribution >= 0.6 is 0 Å². The van der Waals surface area contributed by atoms with Crippen molar-refractivity contribution in [1.82, 2.24) is 4.98 Å². The Hall–Kier alpha value is -0.960. The largest absolute Gasteiger partial charge is 0.320 e. The lowest BCUT2D eigenvalue weighted by atomic mass is 9.86. The average molecular weight is 238 g/mol. The maximum absolute atomic E-state index is 12.8. The zero-order chi connectivity index (χ0) is 12.7. The smallest absolute Gasteiger partial charge is 0.141 e. The third-order valence-electron chi connectivity index (χ3n) is 3.34.